The van der Waals surface area contributed by atoms with Crippen molar-refractivity contribution in [3.8, 4) is 0 Å². The maximum Gasteiger partial charge on any atom is 0.389 e. The second-order valence-electron chi connectivity index (χ2n) is 5.27. The molecule has 1 unspecified atom stereocenters. The summed E-state index contributed by atoms with van der Waals surface area (Å²) in [4.78, 5) is 4.51. The lowest BCUT2D eigenvalue weighted by molar-refractivity contribution is -0.136. The van der Waals surface area contributed by atoms with E-state index in [1.807, 2.05) is 0 Å². The lowest BCUT2D eigenvalue weighted by Gasteiger charge is -2.39. The molecule has 0 aromatic rings. The molecule has 1 rings (SSSR count). The summed E-state index contributed by atoms with van der Waals surface area (Å²) in [5, 5.41) is 0. The van der Waals surface area contributed by atoms with Crippen LogP contribution in [0.4, 0.5) is 13.2 Å². The molecular formula is C13H26F3N3. The molecule has 0 saturated carbocycles. The summed E-state index contributed by atoms with van der Waals surface area (Å²) in [6.07, 6.45) is -2.26. The van der Waals surface area contributed by atoms with E-state index in [1.165, 1.54) is 0 Å². The van der Waals surface area contributed by atoms with Crippen LogP contribution in [-0.4, -0.2) is 61.3 Å². The molecule has 1 aliphatic rings. The van der Waals surface area contributed by atoms with E-state index < -0.39 is 12.6 Å². The van der Waals surface area contributed by atoms with Crippen LogP contribution in [0.25, 0.3) is 0 Å². The van der Waals surface area contributed by atoms with Crippen LogP contribution in [0.15, 0.2) is 0 Å². The predicted molar refractivity (Wildman–Crippen MR) is 71.1 cm³/mol. The van der Waals surface area contributed by atoms with Crippen LogP contribution in [0, 0.1) is 0 Å². The summed E-state index contributed by atoms with van der Waals surface area (Å²) in [6, 6.07) is 0.433. The van der Waals surface area contributed by atoms with Gasteiger partial charge in [-0.05, 0) is 19.4 Å². The first-order valence-corrected chi connectivity index (χ1v) is 7.19. The van der Waals surface area contributed by atoms with E-state index in [0.29, 0.717) is 19.1 Å². The third-order valence-corrected chi connectivity index (χ3v) is 3.75. The molecule has 0 radical (unpaired) electrons. The van der Waals surface area contributed by atoms with Crippen molar-refractivity contribution in [2.75, 3.05) is 39.3 Å². The Labute approximate surface area is 113 Å². The minimum Gasteiger partial charge on any atom is -0.329 e. The lowest BCUT2D eigenvalue weighted by atomic mass is 10.1. The molecular weight excluding hydrogens is 255 g/mol. The standard InChI is InChI=1S/C13H26F3N3/c1-2-4-12(11-17)19-9-7-18(8-10-19)6-3-5-13(14,15)16/h12H,2-11,17H2,1H3. The number of hydrogen-bond donors (Lipinski definition) is 1. The van der Waals surface area contributed by atoms with Gasteiger partial charge in [-0.15, -0.1) is 0 Å². The topological polar surface area (TPSA) is 32.5 Å². The van der Waals surface area contributed by atoms with E-state index in [1.54, 1.807) is 0 Å². The fourth-order valence-electron chi connectivity index (χ4n) is 2.64. The van der Waals surface area contributed by atoms with Crippen LogP contribution in [0.2, 0.25) is 0 Å². The minimum absolute atomic E-state index is 0.207. The van der Waals surface area contributed by atoms with Crippen molar-refractivity contribution in [2.45, 2.75) is 44.8 Å². The summed E-state index contributed by atoms with van der Waals surface area (Å²) in [7, 11) is 0. The Balaban J connectivity index is 2.21. The van der Waals surface area contributed by atoms with Crippen molar-refractivity contribution >= 4 is 0 Å². The first-order chi connectivity index (χ1) is 8.96. The fourth-order valence-corrected chi connectivity index (χ4v) is 2.64. The average molecular weight is 281 g/mol. The maximum atomic E-state index is 12.1. The van der Waals surface area contributed by atoms with Gasteiger partial charge < -0.3 is 10.6 Å². The molecule has 6 heteroatoms. The van der Waals surface area contributed by atoms with Crippen molar-refractivity contribution < 1.29 is 13.2 Å². The number of halogens is 3. The van der Waals surface area contributed by atoms with E-state index in [4.69, 9.17) is 5.73 Å². The Bertz CT molecular complexity index is 238. The number of rotatable bonds is 7. The van der Waals surface area contributed by atoms with Crippen LogP contribution in [0.3, 0.4) is 0 Å². The summed E-state index contributed by atoms with van der Waals surface area (Å²) in [5.41, 5.74) is 5.77. The Morgan fingerprint density at radius 3 is 2.26 bits per heavy atom. The highest BCUT2D eigenvalue weighted by Gasteiger charge is 2.27. The maximum absolute atomic E-state index is 12.1. The first-order valence-electron chi connectivity index (χ1n) is 7.19. The molecule has 2 N–H and O–H groups in total. The van der Waals surface area contributed by atoms with E-state index in [9.17, 15) is 13.2 Å². The van der Waals surface area contributed by atoms with Crippen molar-refractivity contribution in [2.24, 2.45) is 5.73 Å². The summed E-state index contributed by atoms with van der Waals surface area (Å²) >= 11 is 0. The molecule has 114 valence electrons. The SMILES string of the molecule is CCCC(CN)N1CCN(CCCC(F)(F)F)CC1. The third kappa shape index (κ3) is 6.58. The van der Waals surface area contributed by atoms with Crippen molar-refractivity contribution in [3.05, 3.63) is 0 Å². The number of alkyl halides is 3. The summed E-state index contributed by atoms with van der Waals surface area (Å²) in [5.74, 6) is 0. The normalized spacial score (nSPS) is 20.7. The molecule has 19 heavy (non-hydrogen) atoms. The van der Waals surface area contributed by atoms with Crippen molar-refractivity contribution in [3.63, 3.8) is 0 Å². The second-order valence-corrected chi connectivity index (χ2v) is 5.27. The Morgan fingerprint density at radius 1 is 1.16 bits per heavy atom. The molecule has 1 saturated heterocycles. The molecule has 0 aromatic heterocycles. The summed E-state index contributed by atoms with van der Waals surface area (Å²) < 4.78 is 36.2. The highest BCUT2D eigenvalue weighted by Crippen LogP contribution is 2.21. The summed E-state index contributed by atoms with van der Waals surface area (Å²) in [6.45, 7) is 6.93. The zero-order chi connectivity index (χ0) is 14.3. The molecule has 0 aromatic carbocycles. The van der Waals surface area contributed by atoms with Crippen molar-refractivity contribution in [1.82, 2.24) is 9.80 Å². The smallest absolute Gasteiger partial charge is 0.329 e. The number of nitrogens with two attached hydrogens (primary N) is 1. The molecule has 0 spiro atoms. The van der Waals surface area contributed by atoms with Crippen LogP contribution < -0.4 is 5.73 Å². The number of piperazine rings is 1. The molecule has 1 aliphatic heterocycles. The monoisotopic (exact) mass is 281 g/mol. The fraction of sp³-hybridized carbons (Fsp3) is 1.00. The second kappa shape index (κ2) is 8.07. The van der Waals surface area contributed by atoms with Gasteiger partial charge in [0.2, 0.25) is 0 Å². The van der Waals surface area contributed by atoms with Gasteiger partial charge in [-0.1, -0.05) is 13.3 Å². The highest BCUT2D eigenvalue weighted by atomic mass is 19.4. The van der Waals surface area contributed by atoms with Crippen molar-refractivity contribution in [1.29, 1.82) is 0 Å². The van der Waals surface area contributed by atoms with Gasteiger partial charge in [-0.2, -0.15) is 13.2 Å². The van der Waals surface area contributed by atoms with Gasteiger partial charge in [0.15, 0.2) is 0 Å². The minimum atomic E-state index is -4.02. The van der Waals surface area contributed by atoms with Crippen LogP contribution in [-0.2, 0) is 0 Å². The molecule has 3 nitrogen and oxygen atoms in total. The van der Waals surface area contributed by atoms with Gasteiger partial charge in [0, 0.05) is 45.2 Å². The molecule has 1 heterocycles. The molecule has 1 atom stereocenters. The van der Waals surface area contributed by atoms with Crippen LogP contribution in [0.1, 0.15) is 32.6 Å². The molecule has 0 bridgehead atoms. The van der Waals surface area contributed by atoms with Gasteiger partial charge in [-0.3, -0.25) is 4.90 Å². The number of hydrogen-bond acceptors (Lipinski definition) is 3. The van der Waals surface area contributed by atoms with E-state index in [2.05, 4.69) is 16.7 Å². The van der Waals surface area contributed by atoms with Crippen LogP contribution in [0.5, 0.6) is 0 Å². The third-order valence-electron chi connectivity index (χ3n) is 3.75. The zero-order valence-electron chi connectivity index (χ0n) is 11.8. The molecule has 0 amide bonds. The predicted octanol–water partition coefficient (Wildman–Crippen LogP) is 2.07. The van der Waals surface area contributed by atoms with Gasteiger partial charge in [0.1, 0.15) is 0 Å². The van der Waals surface area contributed by atoms with E-state index in [0.717, 1.165) is 39.0 Å². The molecule has 0 aliphatic carbocycles. The van der Waals surface area contributed by atoms with Gasteiger partial charge >= 0.3 is 6.18 Å². The van der Waals surface area contributed by atoms with Gasteiger partial charge in [0.05, 0.1) is 0 Å². The van der Waals surface area contributed by atoms with Crippen LogP contribution >= 0.6 is 0 Å². The van der Waals surface area contributed by atoms with E-state index >= 15 is 0 Å². The Hall–Kier alpha value is -0.330. The van der Waals surface area contributed by atoms with Gasteiger partial charge in [-0.25, -0.2) is 0 Å². The number of nitrogens with zero attached hydrogens (tertiary/aromatic N) is 2. The Kier molecular flexibility index (Phi) is 7.10. The quantitative estimate of drug-likeness (QED) is 0.775. The average Bonchev–Trinajstić information content (AvgIpc) is 2.35. The molecule has 1 fully saturated rings. The highest BCUT2D eigenvalue weighted by molar-refractivity contribution is 4.79. The zero-order valence-corrected chi connectivity index (χ0v) is 11.8. The largest absolute Gasteiger partial charge is 0.389 e. The lowest BCUT2D eigenvalue weighted by Crippen LogP contribution is -2.52. The van der Waals surface area contributed by atoms with E-state index in [-0.39, 0.29) is 6.42 Å². The first kappa shape index (κ1) is 16.7. The van der Waals surface area contributed by atoms with Gasteiger partial charge in [0.25, 0.3) is 0 Å². The Morgan fingerprint density at radius 2 is 1.79 bits per heavy atom.